The maximum absolute atomic E-state index is 12.7. The van der Waals surface area contributed by atoms with Crippen molar-refractivity contribution in [1.82, 2.24) is 10.2 Å². The summed E-state index contributed by atoms with van der Waals surface area (Å²) in [6.07, 6.45) is 2.21. The SMILES string of the molecule is CC(C)N[C@H](CCc1ccccc1)C(=O)N1CC[C@H]1C(N)=O. The van der Waals surface area contributed by atoms with Gasteiger partial charge in [-0.25, -0.2) is 0 Å². The summed E-state index contributed by atoms with van der Waals surface area (Å²) in [4.78, 5) is 25.6. The topological polar surface area (TPSA) is 75.4 Å². The quantitative estimate of drug-likeness (QED) is 0.791. The number of rotatable bonds is 7. The van der Waals surface area contributed by atoms with E-state index >= 15 is 0 Å². The van der Waals surface area contributed by atoms with E-state index in [1.165, 1.54) is 5.56 Å². The number of hydrogen-bond donors (Lipinski definition) is 2. The molecule has 0 bridgehead atoms. The fourth-order valence-corrected chi connectivity index (χ4v) is 2.78. The first kappa shape index (κ1) is 16.5. The van der Waals surface area contributed by atoms with E-state index in [1.54, 1.807) is 4.90 Å². The minimum Gasteiger partial charge on any atom is -0.368 e. The number of amides is 2. The second kappa shape index (κ2) is 7.40. The van der Waals surface area contributed by atoms with E-state index in [0.29, 0.717) is 19.4 Å². The van der Waals surface area contributed by atoms with Crippen LogP contribution in [0.2, 0.25) is 0 Å². The number of nitrogens with one attached hydrogen (secondary N) is 1. The lowest BCUT2D eigenvalue weighted by Crippen LogP contribution is -2.61. The van der Waals surface area contributed by atoms with Crippen molar-refractivity contribution in [3.8, 4) is 0 Å². The third-order valence-electron chi connectivity index (χ3n) is 4.03. The van der Waals surface area contributed by atoms with Crippen molar-refractivity contribution in [2.45, 2.75) is 51.2 Å². The summed E-state index contributed by atoms with van der Waals surface area (Å²) < 4.78 is 0. The zero-order chi connectivity index (χ0) is 16.1. The Morgan fingerprint density at radius 3 is 2.50 bits per heavy atom. The molecule has 0 spiro atoms. The molecule has 2 amide bonds. The van der Waals surface area contributed by atoms with E-state index in [-0.39, 0.29) is 18.0 Å². The normalized spacial score (nSPS) is 18.9. The Labute approximate surface area is 131 Å². The Morgan fingerprint density at radius 1 is 1.32 bits per heavy atom. The second-order valence-electron chi connectivity index (χ2n) is 6.14. The maximum Gasteiger partial charge on any atom is 0.240 e. The molecule has 22 heavy (non-hydrogen) atoms. The number of benzene rings is 1. The number of primary amides is 1. The van der Waals surface area contributed by atoms with Crippen LogP contribution in [0, 0.1) is 0 Å². The van der Waals surface area contributed by atoms with Gasteiger partial charge in [0, 0.05) is 12.6 Å². The molecule has 3 N–H and O–H groups in total. The van der Waals surface area contributed by atoms with Gasteiger partial charge in [0.05, 0.1) is 6.04 Å². The van der Waals surface area contributed by atoms with E-state index in [9.17, 15) is 9.59 Å². The molecule has 2 rings (SSSR count). The van der Waals surface area contributed by atoms with Gasteiger partial charge in [0.1, 0.15) is 6.04 Å². The predicted molar refractivity (Wildman–Crippen MR) is 86.1 cm³/mol. The van der Waals surface area contributed by atoms with Crippen molar-refractivity contribution in [1.29, 1.82) is 0 Å². The van der Waals surface area contributed by atoms with Crippen LogP contribution in [0.3, 0.4) is 0 Å². The highest BCUT2D eigenvalue weighted by Crippen LogP contribution is 2.19. The molecular weight excluding hydrogens is 278 g/mol. The average molecular weight is 303 g/mol. The van der Waals surface area contributed by atoms with Crippen molar-refractivity contribution in [2.24, 2.45) is 5.73 Å². The summed E-state index contributed by atoms with van der Waals surface area (Å²) in [7, 11) is 0. The van der Waals surface area contributed by atoms with Crippen LogP contribution in [0.15, 0.2) is 30.3 Å². The third kappa shape index (κ3) is 4.07. The van der Waals surface area contributed by atoms with Gasteiger partial charge in [-0.1, -0.05) is 44.2 Å². The number of likely N-dealkylation sites (tertiary alicyclic amines) is 1. The van der Waals surface area contributed by atoms with Gasteiger partial charge >= 0.3 is 0 Å². The van der Waals surface area contributed by atoms with Crippen LogP contribution in [0.1, 0.15) is 32.3 Å². The highest BCUT2D eigenvalue weighted by atomic mass is 16.2. The minimum absolute atomic E-state index is 0.0142. The van der Waals surface area contributed by atoms with E-state index in [1.807, 2.05) is 32.0 Å². The average Bonchev–Trinajstić information content (AvgIpc) is 2.42. The van der Waals surface area contributed by atoms with Gasteiger partial charge in [-0.2, -0.15) is 0 Å². The third-order valence-corrected chi connectivity index (χ3v) is 4.03. The van der Waals surface area contributed by atoms with E-state index in [2.05, 4.69) is 17.4 Å². The molecule has 1 aromatic rings. The monoisotopic (exact) mass is 303 g/mol. The van der Waals surface area contributed by atoms with Crippen molar-refractivity contribution < 1.29 is 9.59 Å². The van der Waals surface area contributed by atoms with Crippen LogP contribution >= 0.6 is 0 Å². The smallest absolute Gasteiger partial charge is 0.240 e. The fourth-order valence-electron chi connectivity index (χ4n) is 2.78. The van der Waals surface area contributed by atoms with Gasteiger partial charge in [-0.05, 0) is 24.8 Å². The summed E-state index contributed by atoms with van der Waals surface area (Å²) in [5, 5.41) is 3.32. The number of nitrogens with two attached hydrogens (primary N) is 1. The molecule has 1 heterocycles. The number of carbonyl (C=O) groups is 2. The molecule has 1 aromatic carbocycles. The molecule has 1 aliphatic heterocycles. The molecule has 0 aromatic heterocycles. The molecular formula is C17H25N3O2. The van der Waals surface area contributed by atoms with Crippen LogP contribution in [0.25, 0.3) is 0 Å². The van der Waals surface area contributed by atoms with Gasteiger partial charge in [0.15, 0.2) is 0 Å². The summed E-state index contributed by atoms with van der Waals surface area (Å²) >= 11 is 0. The van der Waals surface area contributed by atoms with Crippen molar-refractivity contribution in [3.05, 3.63) is 35.9 Å². The molecule has 0 radical (unpaired) electrons. The number of nitrogens with zero attached hydrogens (tertiary/aromatic N) is 1. The van der Waals surface area contributed by atoms with Crippen LogP contribution in [0.5, 0.6) is 0 Å². The first-order chi connectivity index (χ1) is 10.5. The Hall–Kier alpha value is -1.88. The number of carbonyl (C=O) groups excluding carboxylic acids is 2. The standard InChI is InChI=1S/C17H25N3O2/c1-12(2)19-14(9-8-13-6-4-3-5-7-13)17(22)20-11-10-15(20)16(18)21/h3-7,12,14-15,19H,8-11H2,1-2H3,(H2,18,21)/t14-,15+/m1/s1. The van der Waals surface area contributed by atoms with Crippen LogP contribution < -0.4 is 11.1 Å². The largest absolute Gasteiger partial charge is 0.368 e. The van der Waals surface area contributed by atoms with E-state index in [4.69, 9.17) is 5.73 Å². The second-order valence-corrected chi connectivity index (χ2v) is 6.14. The molecule has 0 saturated carbocycles. The lowest BCUT2D eigenvalue weighted by atomic mass is 9.98. The van der Waals surface area contributed by atoms with Gasteiger partial charge < -0.3 is 16.0 Å². The van der Waals surface area contributed by atoms with Gasteiger partial charge in [0.2, 0.25) is 11.8 Å². The molecule has 120 valence electrons. The Bertz CT molecular complexity index is 516. The van der Waals surface area contributed by atoms with Crippen LogP contribution in [-0.4, -0.2) is 41.4 Å². The summed E-state index contributed by atoms with van der Waals surface area (Å²) in [5.41, 5.74) is 6.55. The highest BCUT2D eigenvalue weighted by molar-refractivity contribution is 5.90. The predicted octanol–water partition coefficient (Wildman–Crippen LogP) is 1.07. The maximum atomic E-state index is 12.7. The zero-order valence-electron chi connectivity index (χ0n) is 13.3. The van der Waals surface area contributed by atoms with E-state index < -0.39 is 11.9 Å². The van der Waals surface area contributed by atoms with Crippen LogP contribution in [0.4, 0.5) is 0 Å². The van der Waals surface area contributed by atoms with Crippen molar-refractivity contribution >= 4 is 11.8 Å². The molecule has 5 heteroatoms. The Balaban J connectivity index is 1.99. The van der Waals surface area contributed by atoms with Crippen LogP contribution in [-0.2, 0) is 16.0 Å². The van der Waals surface area contributed by atoms with Crippen molar-refractivity contribution in [2.75, 3.05) is 6.54 Å². The zero-order valence-corrected chi connectivity index (χ0v) is 13.3. The van der Waals surface area contributed by atoms with Gasteiger partial charge in [-0.3, -0.25) is 9.59 Å². The lowest BCUT2D eigenvalue weighted by Gasteiger charge is -2.41. The first-order valence-corrected chi connectivity index (χ1v) is 7.89. The first-order valence-electron chi connectivity index (χ1n) is 7.89. The van der Waals surface area contributed by atoms with E-state index in [0.717, 1.165) is 6.42 Å². The lowest BCUT2D eigenvalue weighted by molar-refractivity contribution is -0.148. The summed E-state index contributed by atoms with van der Waals surface area (Å²) in [6.45, 7) is 4.66. The summed E-state index contributed by atoms with van der Waals surface area (Å²) in [5.74, 6) is -0.425. The summed E-state index contributed by atoms with van der Waals surface area (Å²) in [6, 6.07) is 9.61. The Morgan fingerprint density at radius 2 is 2.00 bits per heavy atom. The molecule has 0 unspecified atom stereocenters. The van der Waals surface area contributed by atoms with Gasteiger partial charge in [-0.15, -0.1) is 0 Å². The Kier molecular flexibility index (Phi) is 5.55. The molecule has 0 aliphatic carbocycles. The number of aryl methyl sites for hydroxylation is 1. The molecule has 5 nitrogen and oxygen atoms in total. The van der Waals surface area contributed by atoms with Crippen molar-refractivity contribution in [3.63, 3.8) is 0 Å². The highest BCUT2D eigenvalue weighted by Gasteiger charge is 2.38. The molecule has 1 aliphatic rings. The van der Waals surface area contributed by atoms with Gasteiger partial charge in [0.25, 0.3) is 0 Å². The molecule has 1 saturated heterocycles. The molecule has 2 atom stereocenters. The fraction of sp³-hybridized carbons (Fsp3) is 0.529. The minimum atomic E-state index is -0.430. The molecule has 1 fully saturated rings. The number of hydrogen-bond acceptors (Lipinski definition) is 3.